The third-order valence-corrected chi connectivity index (χ3v) is 6.80. The molecule has 3 amide bonds. The Hall–Kier alpha value is -2.97. The second kappa shape index (κ2) is 8.18. The lowest BCUT2D eigenvalue weighted by Gasteiger charge is -2.44. The molecule has 7 nitrogen and oxygen atoms in total. The molecular weight excluding hydrogens is 409 g/mol. The Kier molecular flexibility index (Phi) is 5.35. The van der Waals surface area contributed by atoms with Crippen LogP contribution in [0.2, 0.25) is 0 Å². The normalized spacial score (nSPS) is 25.8. The summed E-state index contributed by atoms with van der Waals surface area (Å²) in [6, 6.07) is 13.7. The summed E-state index contributed by atoms with van der Waals surface area (Å²) in [5, 5.41) is 3.53. The Labute approximate surface area is 187 Å². The molecule has 0 spiro atoms. The molecule has 0 saturated carbocycles. The van der Waals surface area contributed by atoms with Gasteiger partial charge in [0.05, 0.1) is 6.54 Å². The van der Waals surface area contributed by atoms with E-state index in [0.29, 0.717) is 0 Å². The molecule has 3 heterocycles. The van der Waals surface area contributed by atoms with Gasteiger partial charge in [-0.15, -0.1) is 0 Å². The maximum atomic E-state index is 13.5. The standard InChI is InChI=1S/C24H28FN5O2/c1-3-16-7-11-19(12-8-16)28-13-4-14-29-20-21(26-23(28)29)27(2)24(32)30(22(20)31)15-17-5-9-18(25)10-6-17/h5-12,20-21,23,26H,3-4,13-15H2,1-2H3. The molecule has 3 aliphatic rings. The van der Waals surface area contributed by atoms with Gasteiger partial charge in [-0.25, -0.2) is 9.18 Å². The van der Waals surface area contributed by atoms with Crippen LogP contribution in [-0.2, 0) is 17.8 Å². The number of urea groups is 1. The van der Waals surface area contributed by atoms with E-state index < -0.39 is 6.04 Å². The van der Waals surface area contributed by atoms with Gasteiger partial charge in [-0.3, -0.25) is 19.9 Å². The molecule has 5 rings (SSSR count). The van der Waals surface area contributed by atoms with Crippen molar-refractivity contribution in [2.45, 2.75) is 44.8 Å². The van der Waals surface area contributed by atoms with E-state index in [1.807, 2.05) is 0 Å². The molecule has 32 heavy (non-hydrogen) atoms. The number of nitrogens with one attached hydrogen (secondary N) is 1. The molecule has 1 N–H and O–H groups in total. The lowest BCUT2D eigenvalue weighted by atomic mass is 10.1. The summed E-state index contributed by atoms with van der Waals surface area (Å²) in [7, 11) is 1.73. The fourth-order valence-corrected chi connectivity index (χ4v) is 5.02. The van der Waals surface area contributed by atoms with Crippen molar-refractivity contribution in [3.8, 4) is 0 Å². The molecule has 2 aromatic carbocycles. The van der Waals surface area contributed by atoms with Crippen LogP contribution in [0.5, 0.6) is 0 Å². The van der Waals surface area contributed by atoms with Crippen molar-refractivity contribution in [3.63, 3.8) is 0 Å². The van der Waals surface area contributed by atoms with Crippen LogP contribution in [0.15, 0.2) is 48.5 Å². The van der Waals surface area contributed by atoms with Crippen molar-refractivity contribution in [1.82, 2.24) is 20.0 Å². The number of hydrogen-bond donors (Lipinski definition) is 1. The molecule has 0 aliphatic carbocycles. The highest BCUT2D eigenvalue weighted by atomic mass is 19.1. The summed E-state index contributed by atoms with van der Waals surface area (Å²) in [6.07, 6.45) is 1.37. The third-order valence-electron chi connectivity index (χ3n) is 6.80. The number of nitrogens with zero attached hydrogens (tertiary/aromatic N) is 4. The molecule has 3 aliphatic heterocycles. The van der Waals surface area contributed by atoms with Gasteiger partial charge in [-0.2, -0.15) is 0 Å². The first kappa shape index (κ1) is 20.9. The van der Waals surface area contributed by atoms with Gasteiger partial charge in [-0.05, 0) is 48.2 Å². The van der Waals surface area contributed by atoms with Crippen LogP contribution in [0.1, 0.15) is 24.5 Å². The minimum absolute atomic E-state index is 0.131. The van der Waals surface area contributed by atoms with Crippen LogP contribution in [0.3, 0.4) is 0 Å². The second-order valence-electron chi connectivity index (χ2n) is 8.68. The molecule has 2 aromatic rings. The number of amides is 3. The lowest BCUT2D eigenvalue weighted by Crippen LogP contribution is -2.66. The molecule has 8 heteroatoms. The van der Waals surface area contributed by atoms with Crippen molar-refractivity contribution < 1.29 is 14.0 Å². The molecule has 3 saturated heterocycles. The number of anilines is 1. The summed E-state index contributed by atoms with van der Waals surface area (Å²) in [5.74, 6) is -0.550. The van der Waals surface area contributed by atoms with Crippen LogP contribution < -0.4 is 10.2 Å². The molecular formula is C24H28FN5O2. The van der Waals surface area contributed by atoms with E-state index in [1.165, 1.54) is 22.6 Å². The predicted octanol–water partition coefficient (Wildman–Crippen LogP) is 2.58. The van der Waals surface area contributed by atoms with Crippen molar-refractivity contribution in [1.29, 1.82) is 0 Å². The summed E-state index contributed by atoms with van der Waals surface area (Å²) >= 11 is 0. The first-order chi connectivity index (χ1) is 15.5. The molecule has 3 unspecified atom stereocenters. The maximum Gasteiger partial charge on any atom is 0.328 e. The number of hydrogen-bond acceptors (Lipinski definition) is 5. The van der Waals surface area contributed by atoms with Crippen molar-refractivity contribution in [2.75, 3.05) is 25.0 Å². The van der Waals surface area contributed by atoms with E-state index in [4.69, 9.17) is 0 Å². The molecule has 3 atom stereocenters. The average Bonchev–Trinajstić information content (AvgIpc) is 3.22. The minimum atomic E-state index is -0.458. The number of aryl methyl sites for hydroxylation is 1. The topological polar surface area (TPSA) is 59.1 Å². The molecule has 0 aromatic heterocycles. The van der Waals surface area contributed by atoms with Crippen LogP contribution in [0.4, 0.5) is 14.9 Å². The van der Waals surface area contributed by atoms with Gasteiger partial charge in [0.15, 0.2) is 0 Å². The van der Waals surface area contributed by atoms with E-state index in [0.717, 1.165) is 37.2 Å². The fourth-order valence-electron chi connectivity index (χ4n) is 5.02. The molecule has 0 bridgehead atoms. The van der Waals surface area contributed by atoms with Gasteiger partial charge < -0.3 is 9.80 Å². The number of carbonyl (C=O) groups is 2. The largest absolute Gasteiger partial charge is 0.343 e. The second-order valence-corrected chi connectivity index (χ2v) is 8.68. The van der Waals surface area contributed by atoms with Crippen LogP contribution in [0, 0.1) is 5.82 Å². The molecule has 3 fully saturated rings. The quantitative estimate of drug-likeness (QED) is 0.797. The van der Waals surface area contributed by atoms with Gasteiger partial charge in [-0.1, -0.05) is 31.2 Å². The summed E-state index contributed by atoms with van der Waals surface area (Å²) in [4.78, 5) is 33.9. The summed E-state index contributed by atoms with van der Waals surface area (Å²) < 4.78 is 13.3. The Bertz CT molecular complexity index is 1010. The summed E-state index contributed by atoms with van der Waals surface area (Å²) in [6.45, 7) is 3.92. The van der Waals surface area contributed by atoms with Gasteiger partial charge in [0.1, 0.15) is 24.3 Å². The number of benzene rings is 2. The lowest BCUT2D eigenvalue weighted by molar-refractivity contribution is -0.139. The van der Waals surface area contributed by atoms with E-state index in [9.17, 15) is 14.0 Å². The van der Waals surface area contributed by atoms with Crippen LogP contribution in [0.25, 0.3) is 0 Å². The Morgan fingerprint density at radius 3 is 2.38 bits per heavy atom. The minimum Gasteiger partial charge on any atom is -0.343 e. The van der Waals surface area contributed by atoms with Crippen molar-refractivity contribution in [2.24, 2.45) is 0 Å². The first-order valence-electron chi connectivity index (χ1n) is 11.2. The van der Waals surface area contributed by atoms with E-state index >= 15 is 0 Å². The highest BCUT2D eigenvalue weighted by Crippen LogP contribution is 2.33. The van der Waals surface area contributed by atoms with Crippen LogP contribution in [-0.4, -0.2) is 65.3 Å². The number of halogens is 1. The van der Waals surface area contributed by atoms with E-state index in [-0.39, 0.29) is 36.8 Å². The van der Waals surface area contributed by atoms with Crippen molar-refractivity contribution in [3.05, 3.63) is 65.5 Å². The highest BCUT2D eigenvalue weighted by molar-refractivity contribution is 6.00. The summed E-state index contributed by atoms with van der Waals surface area (Å²) in [5.41, 5.74) is 3.11. The molecule has 0 radical (unpaired) electrons. The number of fused-ring (bicyclic) bond motifs is 3. The average molecular weight is 438 g/mol. The van der Waals surface area contributed by atoms with Gasteiger partial charge >= 0.3 is 6.03 Å². The van der Waals surface area contributed by atoms with Crippen molar-refractivity contribution >= 4 is 17.6 Å². The monoisotopic (exact) mass is 437 g/mol. The zero-order valence-corrected chi connectivity index (χ0v) is 18.4. The highest BCUT2D eigenvalue weighted by Gasteiger charge is 2.56. The number of likely N-dealkylation sites (N-methyl/N-ethyl adjacent to an activating group) is 1. The Morgan fingerprint density at radius 1 is 1.00 bits per heavy atom. The van der Waals surface area contributed by atoms with E-state index in [2.05, 4.69) is 46.3 Å². The Morgan fingerprint density at radius 2 is 1.69 bits per heavy atom. The number of imide groups is 1. The predicted molar refractivity (Wildman–Crippen MR) is 119 cm³/mol. The first-order valence-corrected chi connectivity index (χ1v) is 11.2. The number of rotatable bonds is 4. The van der Waals surface area contributed by atoms with E-state index in [1.54, 1.807) is 24.1 Å². The zero-order valence-electron chi connectivity index (χ0n) is 18.4. The third kappa shape index (κ3) is 3.43. The maximum absolute atomic E-state index is 13.5. The zero-order chi connectivity index (χ0) is 22.4. The smallest absolute Gasteiger partial charge is 0.328 e. The molecule has 168 valence electrons. The van der Waals surface area contributed by atoms with Gasteiger partial charge in [0, 0.05) is 25.8 Å². The van der Waals surface area contributed by atoms with Gasteiger partial charge in [0.2, 0.25) is 0 Å². The van der Waals surface area contributed by atoms with Crippen LogP contribution >= 0.6 is 0 Å². The van der Waals surface area contributed by atoms with Gasteiger partial charge in [0.25, 0.3) is 5.91 Å². The fraction of sp³-hybridized carbons (Fsp3) is 0.417. The SMILES string of the molecule is CCc1ccc(N2CCCN3C4C(=O)N(Cc5ccc(F)cc5)C(=O)N(C)C4NC23)cc1. The number of carbonyl (C=O) groups excluding carboxylic acids is 2. The Balaban J connectivity index is 1.41.